The van der Waals surface area contributed by atoms with Gasteiger partial charge in [-0.3, -0.25) is 4.90 Å². The Morgan fingerprint density at radius 1 is 1.08 bits per heavy atom. The Hall–Kier alpha value is -3.27. The van der Waals surface area contributed by atoms with Crippen LogP contribution in [0.2, 0.25) is 0 Å². The van der Waals surface area contributed by atoms with Gasteiger partial charge >= 0.3 is 0 Å². The van der Waals surface area contributed by atoms with E-state index in [9.17, 15) is 0 Å². The first-order valence-corrected chi connectivity index (χ1v) is 13.0. The Bertz CT molecular complexity index is 1400. The van der Waals surface area contributed by atoms with Gasteiger partial charge in [-0.1, -0.05) is 30.3 Å². The molecular weight excluding hydrogens is 468 g/mol. The number of hydrogen-bond acceptors (Lipinski definition) is 9. The summed E-state index contributed by atoms with van der Waals surface area (Å²) >= 11 is 0. The first-order chi connectivity index (χ1) is 18.0. The number of morpholine rings is 1. The van der Waals surface area contributed by atoms with E-state index in [0.29, 0.717) is 23.7 Å². The minimum absolute atomic E-state index is 0.285. The first kappa shape index (κ1) is 24.1. The summed E-state index contributed by atoms with van der Waals surface area (Å²) in [5.41, 5.74) is 5.30. The van der Waals surface area contributed by atoms with Gasteiger partial charge in [0.15, 0.2) is 11.4 Å². The van der Waals surface area contributed by atoms with E-state index in [1.165, 1.54) is 11.1 Å². The van der Waals surface area contributed by atoms with Crippen molar-refractivity contribution in [2.75, 3.05) is 56.7 Å². The van der Waals surface area contributed by atoms with Gasteiger partial charge in [0.1, 0.15) is 17.7 Å². The summed E-state index contributed by atoms with van der Waals surface area (Å²) in [7, 11) is 2.07. The molecule has 0 radical (unpaired) electrons. The van der Waals surface area contributed by atoms with E-state index in [0.717, 1.165) is 74.6 Å². The van der Waals surface area contributed by atoms with E-state index in [1.807, 2.05) is 6.07 Å². The number of fused-ring (bicyclic) bond motifs is 5. The molecule has 0 amide bonds. The molecule has 4 aromatic rings. The fourth-order valence-electron chi connectivity index (χ4n) is 5.32. The van der Waals surface area contributed by atoms with Gasteiger partial charge in [-0.15, -0.1) is 0 Å². The van der Waals surface area contributed by atoms with Crippen LogP contribution in [-0.2, 0) is 29.0 Å². The minimum Gasteiger partial charge on any atom is -0.432 e. The van der Waals surface area contributed by atoms with Crippen LogP contribution >= 0.6 is 0 Å². The lowest BCUT2D eigenvalue weighted by Crippen LogP contribution is -2.39. The zero-order chi connectivity index (χ0) is 25.4. The molecule has 0 bridgehead atoms. The van der Waals surface area contributed by atoms with E-state index in [2.05, 4.69) is 70.2 Å². The fraction of sp³-hybridized carbons (Fsp3) is 0.464. The van der Waals surface area contributed by atoms with E-state index in [-0.39, 0.29) is 5.60 Å². The Morgan fingerprint density at radius 2 is 1.89 bits per heavy atom. The van der Waals surface area contributed by atoms with Gasteiger partial charge in [0.2, 0.25) is 5.71 Å². The van der Waals surface area contributed by atoms with Crippen LogP contribution in [0.25, 0.3) is 22.2 Å². The second-order valence-electron chi connectivity index (χ2n) is 10.5. The van der Waals surface area contributed by atoms with Crippen molar-refractivity contribution in [1.29, 1.82) is 0 Å². The summed E-state index contributed by atoms with van der Waals surface area (Å²) in [5, 5.41) is 4.44. The number of pyridine rings is 1. The monoisotopic (exact) mass is 502 g/mol. The number of rotatable bonds is 7. The van der Waals surface area contributed by atoms with Crippen LogP contribution in [0.15, 0.2) is 41.1 Å². The molecule has 0 unspecified atom stereocenters. The van der Waals surface area contributed by atoms with Gasteiger partial charge < -0.3 is 24.1 Å². The zero-order valence-electron chi connectivity index (χ0n) is 21.8. The van der Waals surface area contributed by atoms with Crippen LogP contribution in [0.3, 0.4) is 0 Å². The standard InChI is InChI=1S/C28H34N6O3/c1-28(2)15-20-21(17-36-28)26(33(3)16-19-7-5-4-6-8-19)32-27-22(20)23-24(37-27)25(31-18-30-23)29-9-10-34-11-13-35-14-12-34/h4-8,18H,9-17H2,1-3H3,(H,29,30,31). The highest BCUT2D eigenvalue weighted by Gasteiger charge is 2.33. The molecule has 2 aliphatic heterocycles. The summed E-state index contributed by atoms with van der Waals surface area (Å²) in [6.07, 6.45) is 2.37. The molecule has 1 aromatic carbocycles. The van der Waals surface area contributed by atoms with Crippen LogP contribution in [0, 0.1) is 0 Å². The second kappa shape index (κ2) is 9.89. The quantitative estimate of drug-likeness (QED) is 0.403. The highest BCUT2D eigenvalue weighted by molar-refractivity contribution is 6.07. The second-order valence-corrected chi connectivity index (χ2v) is 10.5. The van der Waals surface area contributed by atoms with Crippen LogP contribution in [0.1, 0.15) is 30.5 Å². The lowest BCUT2D eigenvalue weighted by molar-refractivity contribution is -0.0395. The predicted octanol–water partition coefficient (Wildman–Crippen LogP) is 4.00. The average Bonchev–Trinajstić information content (AvgIpc) is 3.28. The molecule has 1 N–H and O–H groups in total. The average molecular weight is 503 g/mol. The summed E-state index contributed by atoms with van der Waals surface area (Å²) in [4.78, 5) is 18.8. The number of furan rings is 1. The molecule has 194 valence electrons. The maximum absolute atomic E-state index is 6.40. The van der Waals surface area contributed by atoms with Gasteiger partial charge in [0, 0.05) is 51.8 Å². The van der Waals surface area contributed by atoms with E-state index < -0.39 is 0 Å². The molecule has 6 rings (SSSR count). The van der Waals surface area contributed by atoms with E-state index in [1.54, 1.807) is 6.33 Å². The number of nitrogens with zero attached hydrogens (tertiary/aromatic N) is 5. The van der Waals surface area contributed by atoms with Crippen molar-refractivity contribution in [1.82, 2.24) is 19.9 Å². The van der Waals surface area contributed by atoms with Crippen LogP contribution in [-0.4, -0.2) is 71.9 Å². The van der Waals surface area contributed by atoms with Crippen molar-refractivity contribution in [3.63, 3.8) is 0 Å². The van der Waals surface area contributed by atoms with Crippen LogP contribution < -0.4 is 10.2 Å². The molecule has 9 nitrogen and oxygen atoms in total. The molecule has 1 fully saturated rings. The Balaban J connectivity index is 1.38. The summed E-state index contributed by atoms with van der Waals surface area (Å²) in [5.74, 6) is 1.59. The first-order valence-electron chi connectivity index (χ1n) is 13.0. The summed E-state index contributed by atoms with van der Waals surface area (Å²) in [6.45, 7) is 10.7. The summed E-state index contributed by atoms with van der Waals surface area (Å²) < 4.78 is 18.1. The van der Waals surface area contributed by atoms with Crippen molar-refractivity contribution in [3.05, 3.63) is 53.3 Å². The molecular formula is C28H34N6O3. The lowest BCUT2D eigenvalue weighted by Gasteiger charge is -2.34. The van der Waals surface area contributed by atoms with Crippen LogP contribution in [0.4, 0.5) is 11.6 Å². The molecule has 3 aromatic heterocycles. The third-order valence-electron chi connectivity index (χ3n) is 7.25. The van der Waals surface area contributed by atoms with Gasteiger partial charge in [-0.2, -0.15) is 4.98 Å². The van der Waals surface area contributed by atoms with Crippen molar-refractivity contribution in [2.45, 2.75) is 39.0 Å². The molecule has 0 spiro atoms. The third kappa shape index (κ3) is 4.86. The smallest absolute Gasteiger partial charge is 0.231 e. The Kier molecular flexibility index (Phi) is 6.44. The number of ether oxygens (including phenoxy) is 2. The van der Waals surface area contributed by atoms with E-state index >= 15 is 0 Å². The summed E-state index contributed by atoms with van der Waals surface area (Å²) in [6, 6.07) is 10.4. The molecule has 9 heteroatoms. The van der Waals surface area contributed by atoms with Gasteiger partial charge in [0.25, 0.3) is 0 Å². The van der Waals surface area contributed by atoms with Crippen LogP contribution in [0.5, 0.6) is 0 Å². The fourth-order valence-corrected chi connectivity index (χ4v) is 5.32. The molecule has 0 aliphatic carbocycles. The number of hydrogen-bond donors (Lipinski definition) is 1. The highest BCUT2D eigenvalue weighted by Crippen LogP contribution is 2.41. The van der Waals surface area contributed by atoms with Gasteiger partial charge in [-0.25, -0.2) is 9.97 Å². The third-order valence-corrected chi connectivity index (χ3v) is 7.25. The van der Waals surface area contributed by atoms with Crippen molar-refractivity contribution in [3.8, 4) is 0 Å². The Morgan fingerprint density at radius 3 is 2.70 bits per heavy atom. The molecule has 2 aliphatic rings. The minimum atomic E-state index is -0.285. The van der Waals surface area contributed by atoms with Crippen molar-refractivity contribution in [2.24, 2.45) is 0 Å². The molecule has 0 atom stereocenters. The largest absolute Gasteiger partial charge is 0.432 e. The van der Waals surface area contributed by atoms with Gasteiger partial charge in [0.05, 0.1) is 30.8 Å². The normalized spacial score (nSPS) is 17.7. The predicted molar refractivity (Wildman–Crippen MR) is 144 cm³/mol. The lowest BCUT2D eigenvalue weighted by atomic mass is 9.90. The number of anilines is 2. The van der Waals surface area contributed by atoms with E-state index in [4.69, 9.17) is 18.9 Å². The Labute approximate surface area is 216 Å². The van der Waals surface area contributed by atoms with Crippen molar-refractivity contribution >= 4 is 33.8 Å². The van der Waals surface area contributed by atoms with Crippen molar-refractivity contribution < 1.29 is 13.9 Å². The van der Waals surface area contributed by atoms with Gasteiger partial charge in [-0.05, 0) is 25.0 Å². The number of nitrogens with one attached hydrogen (secondary N) is 1. The number of aromatic nitrogens is 3. The maximum atomic E-state index is 6.40. The topological polar surface area (TPSA) is 88.8 Å². The molecule has 5 heterocycles. The molecule has 1 saturated heterocycles. The zero-order valence-corrected chi connectivity index (χ0v) is 21.8. The molecule has 0 saturated carbocycles. The molecule has 37 heavy (non-hydrogen) atoms. The number of benzene rings is 1. The highest BCUT2D eigenvalue weighted by atomic mass is 16.5. The SMILES string of the molecule is CN(Cc1ccccc1)c1nc2oc3c(NCCN4CCOCC4)ncnc3c2c2c1COC(C)(C)C2. The maximum Gasteiger partial charge on any atom is 0.231 e.